The molecule has 5 atom stereocenters. The maximum absolute atomic E-state index is 13.1. The van der Waals surface area contributed by atoms with E-state index in [4.69, 9.17) is 37.0 Å². The van der Waals surface area contributed by atoms with Gasteiger partial charge in [-0.15, -0.1) is 0 Å². The highest BCUT2D eigenvalue weighted by molar-refractivity contribution is 7.47. The molecule has 0 aromatic heterocycles. The molecule has 0 fully saturated rings. The van der Waals surface area contributed by atoms with E-state index >= 15 is 0 Å². The first kappa shape index (κ1) is 104. The molecule has 0 saturated heterocycles. The van der Waals surface area contributed by atoms with Crippen molar-refractivity contribution in [2.75, 3.05) is 39.6 Å². The van der Waals surface area contributed by atoms with E-state index in [1.54, 1.807) is 0 Å². The minimum absolute atomic E-state index is 0.0955. The predicted molar refractivity (Wildman–Crippen MR) is 437 cm³/mol. The lowest BCUT2D eigenvalue weighted by molar-refractivity contribution is -0.161. The predicted octanol–water partition coefficient (Wildman–Crippen LogP) is 26.7. The Morgan fingerprint density at radius 2 is 0.434 bits per heavy atom. The number of ether oxygens (including phenoxy) is 4. The van der Waals surface area contributed by atoms with Gasteiger partial charge in [-0.25, -0.2) is 9.13 Å². The van der Waals surface area contributed by atoms with E-state index < -0.39 is 97.5 Å². The van der Waals surface area contributed by atoms with Crippen molar-refractivity contribution in [3.05, 3.63) is 12.2 Å². The van der Waals surface area contributed by atoms with Crippen molar-refractivity contribution in [3.63, 3.8) is 0 Å². The van der Waals surface area contributed by atoms with Gasteiger partial charge in [-0.05, 0) is 51.4 Å². The van der Waals surface area contributed by atoms with Crippen LogP contribution in [0.15, 0.2) is 12.2 Å². The molecule has 0 saturated carbocycles. The summed E-state index contributed by atoms with van der Waals surface area (Å²) in [4.78, 5) is 73.3. The summed E-state index contributed by atoms with van der Waals surface area (Å²) in [7, 11) is -9.94. The van der Waals surface area contributed by atoms with Gasteiger partial charge in [0.05, 0.1) is 26.4 Å². The summed E-state index contributed by atoms with van der Waals surface area (Å²) >= 11 is 0. The third-order valence-corrected chi connectivity index (χ3v) is 22.2. The minimum atomic E-state index is -4.97. The second-order valence-electron chi connectivity index (χ2n) is 30.9. The Bertz CT molecular complexity index is 2050. The Kier molecular flexibility index (Phi) is 79.2. The molecule has 0 aliphatic rings. The number of phosphoric acid groups is 2. The summed E-state index contributed by atoms with van der Waals surface area (Å²) in [5.74, 6) is -2.11. The van der Waals surface area contributed by atoms with Crippen molar-refractivity contribution in [1.82, 2.24) is 0 Å². The smallest absolute Gasteiger partial charge is 0.462 e. The lowest BCUT2D eigenvalue weighted by Gasteiger charge is -2.21. The summed E-state index contributed by atoms with van der Waals surface area (Å²) in [5.41, 5.74) is 0. The van der Waals surface area contributed by atoms with Crippen molar-refractivity contribution in [1.29, 1.82) is 0 Å². The number of phosphoric ester groups is 2. The van der Waals surface area contributed by atoms with Crippen LogP contribution in [-0.4, -0.2) is 96.7 Å². The second-order valence-corrected chi connectivity index (χ2v) is 33.8. The molecule has 0 aromatic rings. The highest BCUT2D eigenvalue weighted by Crippen LogP contribution is 2.45. The third kappa shape index (κ3) is 79.9. The minimum Gasteiger partial charge on any atom is -0.462 e. The highest BCUT2D eigenvalue weighted by atomic mass is 31.2. The first-order valence-electron chi connectivity index (χ1n) is 44.9. The van der Waals surface area contributed by atoms with Crippen LogP contribution < -0.4 is 0 Å². The molecule has 0 heterocycles. The average molecular weight is 1550 g/mol. The third-order valence-electron chi connectivity index (χ3n) is 20.3. The number of carbonyl (C=O) groups excluding carboxylic acids is 4. The normalized spacial score (nSPS) is 13.8. The molecule has 0 spiro atoms. The maximum Gasteiger partial charge on any atom is 0.472 e. The van der Waals surface area contributed by atoms with Crippen LogP contribution in [0.2, 0.25) is 0 Å². The molecular formula is C87H168O17P2. The molecule has 0 amide bonds. The molecule has 0 radical (unpaired) electrons. The van der Waals surface area contributed by atoms with Gasteiger partial charge in [0.2, 0.25) is 0 Å². The Balaban J connectivity index is 5.28. The largest absolute Gasteiger partial charge is 0.472 e. The van der Waals surface area contributed by atoms with Gasteiger partial charge >= 0.3 is 39.5 Å². The number of aliphatic hydroxyl groups is 1. The summed E-state index contributed by atoms with van der Waals surface area (Å²) in [6, 6.07) is 0. The van der Waals surface area contributed by atoms with Crippen molar-refractivity contribution < 1.29 is 80.2 Å². The van der Waals surface area contributed by atoms with E-state index in [0.717, 1.165) is 103 Å². The van der Waals surface area contributed by atoms with E-state index in [9.17, 15) is 43.2 Å². The number of unbranched alkanes of at least 4 members (excludes halogenated alkanes) is 59. The number of allylic oxidation sites excluding steroid dienone is 2. The van der Waals surface area contributed by atoms with Crippen molar-refractivity contribution in [2.45, 2.75) is 483 Å². The van der Waals surface area contributed by atoms with E-state index in [1.165, 1.54) is 283 Å². The zero-order valence-electron chi connectivity index (χ0n) is 69.2. The Morgan fingerprint density at radius 3 is 0.651 bits per heavy atom. The quantitative estimate of drug-likeness (QED) is 0.0169. The van der Waals surface area contributed by atoms with Gasteiger partial charge in [-0.1, -0.05) is 399 Å². The molecule has 106 heavy (non-hydrogen) atoms. The molecular weight excluding hydrogens is 1380 g/mol. The SMILES string of the molecule is CCCCCCCC/C=C\CCCCCCCC(=O)O[C@H](COC(=O)CCCCCCCCCCCCCCCCCCC)COP(=O)(O)OC[C@H](O)COP(=O)(O)OC[C@@H](COC(=O)CCCCCCCCCCCCCCCCCCC)OC(=O)CCCCCCCCCCCCCCCCCCC. The Labute approximate surface area is 650 Å². The van der Waals surface area contributed by atoms with Crippen LogP contribution in [0.5, 0.6) is 0 Å². The topological polar surface area (TPSA) is 237 Å². The van der Waals surface area contributed by atoms with Gasteiger partial charge < -0.3 is 33.8 Å². The van der Waals surface area contributed by atoms with Crippen LogP contribution in [-0.2, 0) is 65.4 Å². The van der Waals surface area contributed by atoms with Crippen molar-refractivity contribution in [3.8, 4) is 0 Å². The molecule has 0 bridgehead atoms. The average Bonchev–Trinajstić information content (AvgIpc) is 0.909. The van der Waals surface area contributed by atoms with Crippen LogP contribution in [0.1, 0.15) is 464 Å². The summed E-state index contributed by atoms with van der Waals surface area (Å²) in [6.45, 7) is 5.05. The van der Waals surface area contributed by atoms with Gasteiger partial charge in [0, 0.05) is 25.7 Å². The molecule has 0 aliphatic heterocycles. The molecule has 3 N–H and O–H groups in total. The van der Waals surface area contributed by atoms with Crippen molar-refractivity contribution in [2.24, 2.45) is 0 Å². The molecule has 19 heteroatoms. The molecule has 628 valence electrons. The van der Waals surface area contributed by atoms with Crippen LogP contribution in [0.25, 0.3) is 0 Å². The monoisotopic (exact) mass is 1550 g/mol. The van der Waals surface area contributed by atoms with E-state index in [0.29, 0.717) is 25.7 Å². The Hall–Kier alpha value is -2.20. The summed E-state index contributed by atoms with van der Waals surface area (Å²) in [6.07, 6.45) is 77.3. The fourth-order valence-electron chi connectivity index (χ4n) is 13.4. The van der Waals surface area contributed by atoms with Crippen LogP contribution >= 0.6 is 15.6 Å². The zero-order chi connectivity index (χ0) is 77.4. The lowest BCUT2D eigenvalue weighted by Crippen LogP contribution is -2.30. The molecule has 0 aliphatic carbocycles. The Morgan fingerprint density at radius 1 is 0.255 bits per heavy atom. The summed E-state index contributed by atoms with van der Waals surface area (Å²) in [5, 5.41) is 10.7. The first-order chi connectivity index (χ1) is 51.7. The summed E-state index contributed by atoms with van der Waals surface area (Å²) < 4.78 is 69.0. The standard InChI is InChI=1S/C87H168O17P2/c1-5-9-13-17-21-25-29-33-37-40-44-47-51-55-59-63-67-71-84(89)97-77-82(103-86(91)73-69-65-61-57-53-49-43-36-32-28-24-20-16-12-8-4)79-101-105(93,94)99-75-81(88)76-100-106(95,96)102-80-83(104-87(92)74-70-66-62-58-54-50-46-42-39-35-31-27-23-19-15-11-7-3)78-98-85(90)72-68-64-60-56-52-48-45-41-38-34-30-26-22-18-14-10-6-2/h36,43,81-83,88H,5-35,37-42,44-80H2,1-4H3,(H,93,94)(H,95,96)/b43-36-/t81-,82+,83+/m0/s1. The van der Waals surface area contributed by atoms with Crippen LogP contribution in [0, 0.1) is 0 Å². The fraction of sp³-hybridized carbons (Fsp3) is 0.931. The molecule has 0 rings (SSSR count). The second kappa shape index (κ2) is 80.8. The van der Waals surface area contributed by atoms with E-state index in [1.807, 2.05) is 0 Å². The number of aliphatic hydroxyl groups excluding tert-OH is 1. The van der Waals surface area contributed by atoms with Gasteiger partial charge in [0.1, 0.15) is 19.3 Å². The molecule has 0 aromatic carbocycles. The maximum atomic E-state index is 13.1. The lowest BCUT2D eigenvalue weighted by atomic mass is 10.0. The van der Waals surface area contributed by atoms with E-state index in [-0.39, 0.29) is 25.7 Å². The van der Waals surface area contributed by atoms with E-state index in [2.05, 4.69) is 39.8 Å². The van der Waals surface area contributed by atoms with Gasteiger partial charge in [0.15, 0.2) is 12.2 Å². The van der Waals surface area contributed by atoms with Gasteiger partial charge in [-0.2, -0.15) is 0 Å². The first-order valence-corrected chi connectivity index (χ1v) is 47.9. The highest BCUT2D eigenvalue weighted by Gasteiger charge is 2.30. The number of carbonyl (C=O) groups is 4. The number of esters is 4. The number of hydrogen-bond donors (Lipinski definition) is 3. The number of hydrogen-bond acceptors (Lipinski definition) is 15. The van der Waals surface area contributed by atoms with Gasteiger partial charge in [-0.3, -0.25) is 37.3 Å². The number of rotatable bonds is 87. The van der Waals surface area contributed by atoms with Gasteiger partial charge in [0.25, 0.3) is 0 Å². The molecule has 2 unspecified atom stereocenters. The van der Waals surface area contributed by atoms with Crippen molar-refractivity contribution >= 4 is 39.5 Å². The fourth-order valence-corrected chi connectivity index (χ4v) is 15.0. The molecule has 17 nitrogen and oxygen atoms in total. The van der Waals surface area contributed by atoms with Crippen LogP contribution in [0.3, 0.4) is 0 Å². The zero-order valence-corrected chi connectivity index (χ0v) is 71.0. The van der Waals surface area contributed by atoms with Crippen LogP contribution in [0.4, 0.5) is 0 Å².